The Balaban J connectivity index is 1.45. The van der Waals surface area contributed by atoms with Crippen molar-refractivity contribution in [2.45, 2.75) is 32.1 Å². The highest BCUT2D eigenvalue weighted by atomic mass is 16.5. The summed E-state index contributed by atoms with van der Waals surface area (Å²) in [5.41, 5.74) is 1.40. The van der Waals surface area contributed by atoms with Crippen LogP contribution in [0, 0.1) is 5.41 Å². The molecule has 0 amide bonds. The molecule has 3 heteroatoms. The molecule has 2 aromatic carbocycles. The summed E-state index contributed by atoms with van der Waals surface area (Å²) in [7, 11) is 0. The molecular weight excluding hydrogens is 322 g/mol. The van der Waals surface area contributed by atoms with Crippen LogP contribution in [-0.2, 0) is 6.42 Å². The Morgan fingerprint density at radius 1 is 1.00 bits per heavy atom. The van der Waals surface area contributed by atoms with Gasteiger partial charge in [0.2, 0.25) is 0 Å². The van der Waals surface area contributed by atoms with Crippen molar-refractivity contribution in [2.24, 2.45) is 5.41 Å². The molecule has 0 aromatic heterocycles. The minimum Gasteiger partial charge on any atom is -0.494 e. The second-order valence-electron chi connectivity index (χ2n) is 7.54. The van der Waals surface area contributed by atoms with Crippen LogP contribution in [0.5, 0.6) is 5.75 Å². The number of para-hydroxylation sites is 1. The number of aliphatic hydroxyl groups is 1. The van der Waals surface area contributed by atoms with Crippen molar-refractivity contribution in [3.8, 4) is 5.75 Å². The fraction of sp³-hybridized carbons (Fsp3) is 0.478. The molecule has 1 N–H and O–H groups in total. The minimum absolute atomic E-state index is 0.0141. The van der Waals surface area contributed by atoms with Crippen LogP contribution in [0.1, 0.15) is 31.2 Å². The van der Waals surface area contributed by atoms with Gasteiger partial charge in [0.05, 0.1) is 13.2 Å². The largest absolute Gasteiger partial charge is 0.494 e. The molecule has 3 nitrogen and oxygen atoms in total. The second-order valence-corrected chi connectivity index (χ2v) is 7.54. The van der Waals surface area contributed by atoms with Gasteiger partial charge in [-0.25, -0.2) is 0 Å². The molecule has 1 heterocycles. The van der Waals surface area contributed by atoms with Crippen molar-refractivity contribution in [1.29, 1.82) is 0 Å². The summed E-state index contributed by atoms with van der Waals surface area (Å²) in [4.78, 5) is 2.53. The second kappa shape index (κ2) is 9.75. The molecule has 0 radical (unpaired) electrons. The van der Waals surface area contributed by atoms with Crippen molar-refractivity contribution in [3.63, 3.8) is 0 Å². The van der Waals surface area contributed by atoms with Crippen LogP contribution in [0.3, 0.4) is 0 Å². The number of hydrogen-bond acceptors (Lipinski definition) is 3. The number of rotatable bonds is 9. The lowest BCUT2D eigenvalue weighted by Crippen LogP contribution is -2.46. The van der Waals surface area contributed by atoms with Gasteiger partial charge >= 0.3 is 0 Å². The topological polar surface area (TPSA) is 32.7 Å². The van der Waals surface area contributed by atoms with E-state index in [1.54, 1.807) is 0 Å². The molecular formula is C23H31NO2. The zero-order chi connectivity index (χ0) is 18.1. The summed E-state index contributed by atoms with van der Waals surface area (Å²) in [6, 6.07) is 20.7. The summed E-state index contributed by atoms with van der Waals surface area (Å²) in [5.74, 6) is 0.913. The Bertz CT molecular complexity index is 631. The first-order chi connectivity index (χ1) is 12.8. The number of benzene rings is 2. The van der Waals surface area contributed by atoms with E-state index >= 15 is 0 Å². The van der Waals surface area contributed by atoms with E-state index in [0.29, 0.717) is 6.61 Å². The standard InChI is InChI=1S/C23H31NO2/c25-20-23(15-18-26-22-12-5-2-6-13-22)14-8-17-24(19-23)16-7-11-21-9-3-1-4-10-21/h1-6,9-10,12-13,25H,7-8,11,14-20H2. The van der Waals surface area contributed by atoms with Crippen molar-refractivity contribution >= 4 is 0 Å². The van der Waals surface area contributed by atoms with Gasteiger partial charge in [-0.3, -0.25) is 0 Å². The Morgan fingerprint density at radius 2 is 1.73 bits per heavy atom. The average molecular weight is 354 g/mol. The van der Waals surface area contributed by atoms with Gasteiger partial charge in [0.15, 0.2) is 0 Å². The van der Waals surface area contributed by atoms with Gasteiger partial charge in [-0.2, -0.15) is 0 Å². The Hall–Kier alpha value is -1.84. The summed E-state index contributed by atoms with van der Waals surface area (Å²) >= 11 is 0. The number of nitrogens with zero attached hydrogens (tertiary/aromatic N) is 1. The van der Waals surface area contributed by atoms with E-state index < -0.39 is 0 Å². The van der Waals surface area contributed by atoms with E-state index in [0.717, 1.165) is 51.1 Å². The molecule has 1 unspecified atom stereocenters. The van der Waals surface area contributed by atoms with E-state index in [1.165, 1.54) is 12.0 Å². The van der Waals surface area contributed by atoms with Gasteiger partial charge in [0.25, 0.3) is 0 Å². The average Bonchev–Trinajstić information content (AvgIpc) is 2.70. The van der Waals surface area contributed by atoms with Crippen LogP contribution < -0.4 is 4.74 Å². The van der Waals surface area contributed by atoms with Gasteiger partial charge in [-0.15, -0.1) is 0 Å². The van der Waals surface area contributed by atoms with Crippen molar-refractivity contribution in [1.82, 2.24) is 4.90 Å². The smallest absolute Gasteiger partial charge is 0.119 e. The van der Waals surface area contributed by atoms with Crippen LogP contribution in [0.25, 0.3) is 0 Å². The number of ether oxygens (including phenoxy) is 1. The van der Waals surface area contributed by atoms with Crippen LogP contribution in [0.2, 0.25) is 0 Å². The van der Waals surface area contributed by atoms with Crippen LogP contribution in [-0.4, -0.2) is 42.9 Å². The van der Waals surface area contributed by atoms with Gasteiger partial charge in [0, 0.05) is 12.0 Å². The highest BCUT2D eigenvalue weighted by Crippen LogP contribution is 2.33. The third-order valence-corrected chi connectivity index (χ3v) is 5.50. The van der Waals surface area contributed by atoms with Crippen LogP contribution in [0.4, 0.5) is 0 Å². The number of likely N-dealkylation sites (tertiary alicyclic amines) is 1. The van der Waals surface area contributed by atoms with Gasteiger partial charge in [0.1, 0.15) is 5.75 Å². The van der Waals surface area contributed by atoms with Crippen molar-refractivity contribution in [3.05, 3.63) is 66.2 Å². The van der Waals surface area contributed by atoms with Crippen LogP contribution in [0.15, 0.2) is 60.7 Å². The van der Waals surface area contributed by atoms with E-state index in [1.807, 2.05) is 30.3 Å². The molecule has 1 aliphatic heterocycles. The fourth-order valence-corrected chi connectivity index (χ4v) is 3.97. The first kappa shape index (κ1) is 18.9. The maximum Gasteiger partial charge on any atom is 0.119 e. The van der Waals surface area contributed by atoms with E-state index in [4.69, 9.17) is 4.74 Å². The molecule has 3 rings (SSSR count). The monoisotopic (exact) mass is 353 g/mol. The summed E-state index contributed by atoms with van der Waals surface area (Å²) in [5, 5.41) is 10.1. The van der Waals surface area contributed by atoms with Crippen molar-refractivity contribution in [2.75, 3.05) is 32.8 Å². The van der Waals surface area contributed by atoms with Gasteiger partial charge < -0.3 is 14.7 Å². The van der Waals surface area contributed by atoms with E-state index in [-0.39, 0.29) is 12.0 Å². The maximum atomic E-state index is 10.1. The normalized spacial score (nSPS) is 20.8. The zero-order valence-corrected chi connectivity index (χ0v) is 15.6. The predicted molar refractivity (Wildman–Crippen MR) is 107 cm³/mol. The molecule has 1 aliphatic rings. The Morgan fingerprint density at radius 3 is 2.46 bits per heavy atom. The SMILES string of the molecule is OCC1(CCOc2ccccc2)CCCN(CCCc2ccccc2)C1. The number of piperidine rings is 1. The minimum atomic E-state index is -0.0141. The molecule has 0 saturated carbocycles. The molecule has 0 spiro atoms. The number of aryl methyl sites for hydroxylation is 1. The predicted octanol–water partition coefficient (Wildman–Crippen LogP) is 4.16. The highest BCUT2D eigenvalue weighted by molar-refractivity contribution is 5.20. The highest BCUT2D eigenvalue weighted by Gasteiger charge is 2.34. The van der Waals surface area contributed by atoms with E-state index in [2.05, 4.69) is 35.2 Å². The molecule has 1 atom stereocenters. The molecule has 0 bridgehead atoms. The molecule has 140 valence electrons. The lowest BCUT2D eigenvalue weighted by Gasteiger charge is -2.42. The van der Waals surface area contributed by atoms with Crippen LogP contribution >= 0.6 is 0 Å². The maximum absolute atomic E-state index is 10.1. The van der Waals surface area contributed by atoms with Gasteiger partial charge in [-0.05, 0) is 62.9 Å². The molecule has 1 saturated heterocycles. The first-order valence-electron chi connectivity index (χ1n) is 9.85. The number of aliphatic hydroxyl groups excluding tert-OH is 1. The quantitative estimate of drug-likeness (QED) is 0.735. The Kier molecular flexibility index (Phi) is 7.10. The third kappa shape index (κ3) is 5.58. The summed E-state index contributed by atoms with van der Waals surface area (Å²) in [6.45, 7) is 4.16. The lowest BCUT2D eigenvalue weighted by molar-refractivity contribution is 0.0156. The Labute approximate surface area is 157 Å². The summed E-state index contributed by atoms with van der Waals surface area (Å²) in [6.07, 6.45) is 5.47. The first-order valence-corrected chi connectivity index (χ1v) is 9.85. The molecule has 2 aromatic rings. The zero-order valence-electron chi connectivity index (χ0n) is 15.6. The van der Waals surface area contributed by atoms with Crippen molar-refractivity contribution < 1.29 is 9.84 Å². The molecule has 26 heavy (non-hydrogen) atoms. The third-order valence-electron chi connectivity index (χ3n) is 5.50. The van der Waals surface area contributed by atoms with Gasteiger partial charge in [-0.1, -0.05) is 48.5 Å². The van der Waals surface area contributed by atoms with E-state index in [9.17, 15) is 5.11 Å². The lowest BCUT2D eigenvalue weighted by atomic mass is 9.78. The summed E-state index contributed by atoms with van der Waals surface area (Å²) < 4.78 is 5.88. The fourth-order valence-electron chi connectivity index (χ4n) is 3.97. The molecule has 1 fully saturated rings. The number of hydrogen-bond donors (Lipinski definition) is 1. The molecule has 0 aliphatic carbocycles.